The van der Waals surface area contributed by atoms with Gasteiger partial charge in [0.25, 0.3) is 0 Å². The predicted molar refractivity (Wildman–Crippen MR) is 70.3 cm³/mol. The highest BCUT2D eigenvalue weighted by Crippen LogP contribution is 2.46. The summed E-state index contributed by atoms with van der Waals surface area (Å²) >= 11 is 0. The minimum Gasteiger partial charge on any atom is -0.348 e. The zero-order chi connectivity index (χ0) is 12.5. The zero-order valence-electron chi connectivity index (χ0n) is 10.7. The Hall–Kier alpha value is -0.900. The molecule has 0 radical (unpaired) electrons. The summed E-state index contributed by atoms with van der Waals surface area (Å²) < 4.78 is 11.8. The van der Waals surface area contributed by atoms with Crippen molar-refractivity contribution in [3.63, 3.8) is 0 Å². The fraction of sp³-hybridized carbons (Fsp3) is 0.600. The van der Waals surface area contributed by atoms with E-state index in [1.807, 2.05) is 0 Å². The van der Waals surface area contributed by atoms with Gasteiger partial charge in [-0.15, -0.1) is 0 Å². The van der Waals surface area contributed by atoms with Gasteiger partial charge < -0.3 is 15.2 Å². The number of hydrogen-bond donors (Lipinski definition) is 1. The van der Waals surface area contributed by atoms with Gasteiger partial charge in [0, 0.05) is 24.8 Å². The average Bonchev–Trinajstić information content (AvgIpc) is 2.87. The van der Waals surface area contributed by atoms with E-state index < -0.39 is 0 Å². The van der Waals surface area contributed by atoms with Gasteiger partial charge in [-0.2, -0.15) is 0 Å². The van der Waals surface area contributed by atoms with Crippen LogP contribution < -0.4 is 5.73 Å². The van der Waals surface area contributed by atoms with Crippen molar-refractivity contribution in [1.82, 2.24) is 0 Å². The molecule has 1 spiro atoms. The van der Waals surface area contributed by atoms with Crippen LogP contribution in [0.3, 0.4) is 0 Å². The van der Waals surface area contributed by atoms with E-state index >= 15 is 0 Å². The molecule has 2 fully saturated rings. The third-order valence-corrected chi connectivity index (χ3v) is 4.41. The Labute approximate surface area is 108 Å². The van der Waals surface area contributed by atoms with Crippen LogP contribution >= 0.6 is 0 Å². The Bertz CT molecular complexity index is 400. The van der Waals surface area contributed by atoms with Crippen LogP contribution in [0.4, 0.5) is 0 Å². The van der Waals surface area contributed by atoms with Crippen molar-refractivity contribution in [2.24, 2.45) is 5.73 Å². The lowest BCUT2D eigenvalue weighted by Gasteiger charge is -2.44. The second-order valence-electron chi connectivity index (χ2n) is 5.49. The lowest BCUT2D eigenvalue weighted by molar-refractivity contribution is -0.190. The maximum Gasteiger partial charge on any atom is 0.169 e. The molecule has 3 nitrogen and oxygen atoms in total. The molecule has 0 bridgehead atoms. The van der Waals surface area contributed by atoms with Crippen LogP contribution in [0.5, 0.6) is 0 Å². The van der Waals surface area contributed by atoms with Gasteiger partial charge in [0.1, 0.15) is 0 Å². The third kappa shape index (κ3) is 1.96. The van der Waals surface area contributed by atoms with E-state index in [-0.39, 0.29) is 11.2 Å². The molecular formula is C15H21NO2. The van der Waals surface area contributed by atoms with Crippen LogP contribution in [-0.2, 0) is 14.9 Å². The Balaban J connectivity index is 1.91. The highest BCUT2D eigenvalue weighted by molar-refractivity contribution is 5.27. The molecule has 0 amide bonds. The molecule has 18 heavy (non-hydrogen) atoms. The lowest BCUT2D eigenvalue weighted by atomic mass is 9.67. The predicted octanol–water partition coefficient (Wildman–Crippen LogP) is 2.20. The molecule has 1 saturated heterocycles. The molecule has 0 unspecified atom stereocenters. The van der Waals surface area contributed by atoms with Gasteiger partial charge in [-0.1, -0.05) is 30.3 Å². The minimum atomic E-state index is -0.368. The van der Waals surface area contributed by atoms with Crippen LogP contribution in [-0.4, -0.2) is 25.5 Å². The van der Waals surface area contributed by atoms with Crippen LogP contribution in [0, 0.1) is 0 Å². The summed E-state index contributed by atoms with van der Waals surface area (Å²) in [6, 6.07) is 10.6. The summed E-state index contributed by atoms with van der Waals surface area (Å²) in [6.07, 6.45) is 4.14. The van der Waals surface area contributed by atoms with Gasteiger partial charge in [0.15, 0.2) is 5.79 Å². The molecule has 1 aliphatic heterocycles. The maximum atomic E-state index is 6.11. The highest BCUT2D eigenvalue weighted by Gasteiger charge is 2.48. The second-order valence-corrected chi connectivity index (χ2v) is 5.49. The highest BCUT2D eigenvalue weighted by atomic mass is 16.7. The van der Waals surface area contributed by atoms with Crippen molar-refractivity contribution in [3.05, 3.63) is 35.9 Å². The summed E-state index contributed by atoms with van der Waals surface area (Å²) in [5, 5.41) is 0. The molecule has 2 N–H and O–H groups in total. The summed E-state index contributed by atoms with van der Waals surface area (Å²) in [7, 11) is 0. The van der Waals surface area contributed by atoms with Crippen molar-refractivity contribution in [2.75, 3.05) is 19.8 Å². The van der Waals surface area contributed by atoms with Crippen molar-refractivity contribution in [3.8, 4) is 0 Å². The number of rotatable bonds is 2. The molecule has 1 aromatic rings. The number of ether oxygens (including phenoxy) is 2. The van der Waals surface area contributed by atoms with Gasteiger partial charge in [-0.05, 0) is 18.4 Å². The van der Waals surface area contributed by atoms with E-state index in [0.717, 1.165) is 38.9 Å². The van der Waals surface area contributed by atoms with Crippen molar-refractivity contribution in [2.45, 2.75) is 36.9 Å². The molecule has 98 valence electrons. The van der Waals surface area contributed by atoms with Gasteiger partial charge in [-0.25, -0.2) is 0 Å². The SMILES string of the molecule is NC[C@@]1(c2ccccc2)CCCC2(C1)OCCO2. The minimum absolute atomic E-state index is 0.0177. The fourth-order valence-corrected chi connectivity index (χ4v) is 3.46. The Morgan fingerprint density at radius 3 is 2.44 bits per heavy atom. The topological polar surface area (TPSA) is 44.5 Å². The molecular weight excluding hydrogens is 226 g/mol. The molecule has 3 rings (SSSR count). The average molecular weight is 247 g/mol. The third-order valence-electron chi connectivity index (χ3n) is 4.41. The number of hydrogen-bond acceptors (Lipinski definition) is 3. The first-order valence-electron chi connectivity index (χ1n) is 6.82. The van der Waals surface area contributed by atoms with Gasteiger partial charge in [0.05, 0.1) is 13.2 Å². The first-order chi connectivity index (χ1) is 8.79. The monoisotopic (exact) mass is 247 g/mol. The Morgan fingerprint density at radius 1 is 1.06 bits per heavy atom. The maximum absolute atomic E-state index is 6.11. The normalized spacial score (nSPS) is 30.7. The second kappa shape index (κ2) is 4.65. The smallest absolute Gasteiger partial charge is 0.169 e. The summed E-state index contributed by atoms with van der Waals surface area (Å²) in [4.78, 5) is 0. The van der Waals surface area contributed by atoms with Crippen LogP contribution in [0.25, 0.3) is 0 Å². The molecule has 1 saturated carbocycles. The summed E-state index contributed by atoms with van der Waals surface area (Å²) in [5.74, 6) is -0.368. The molecule has 1 atom stereocenters. The van der Waals surface area contributed by atoms with E-state index in [1.54, 1.807) is 0 Å². The van der Waals surface area contributed by atoms with E-state index in [4.69, 9.17) is 15.2 Å². The summed E-state index contributed by atoms with van der Waals surface area (Å²) in [5.41, 5.74) is 7.45. The number of nitrogens with two attached hydrogens (primary N) is 1. The first kappa shape index (κ1) is 12.2. The van der Waals surface area contributed by atoms with Gasteiger partial charge in [-0.3, -0.25) is 0 Å². The van der Waals surface area contributed by atoms with Crippen molar-refractivity contribution >= 4 is 0 Å². The standard InChI is InChI=1S/C15H21NO2/c16-12-14(13-5-2-1-3-6-13)7-4-8-15(11-14)17-9-10-18-15/h1-3,5-6H,4,7-12,16H2/t14-/m1/s1. The van der Waals surface area contributed by atoms with Crippen LogP contribution in [0.1, 0.15) is 31.2 Å². The molecule has 1 heterocycles. The van der Waals surface area contributed by atoms with E-state index in [0.29, 0.717) is 6.54 Å². The Morgan fingerprint density at radius 2 is 1.78 bits per heavy atom. The molecule has 2 aliphatic rings. The van der Waals surface area contributed by atoms with Crippen LogP contribution in [0.2, 0.25) is 0 Å². The molecule has 1 aliphatic carbocycles. The van der Waals surface area contributed by atoms with E-state index in [2.05, 4.69) is 30.3 Å². The van der Waals surface area contributed by atoms with Gasteiger partial charge in [0.2, 0.25) is 0 Å². The van der Waals surface area contributed by atoms with Gasteiger partial charge >= 0.3 is 0 Å². The van der Waals surface area contributed by atoms with E-state index in [1.165, 1.54) is 5.56 Å². The Kier molecular flexibility index (Phi) is 3.14. The molecule has 3 heteroatoms. The van der Waals surface area contributed by atoms with Crippen molar-refractivity contribution < 1.29 is 9.47 Å². The molecule has 1 aromatic carbocycles. The zero-order valence-corrected chi connectivity index (χ0v) is 10.7. The largest absolute Gasteiger partial charge is 0.348 e. The van der Waals surface area contributed by atoms with E-state index in [9.17, 15) is 0 Å². The number of benzene rings is 1. The fourth-order valence-electron chi connectivity index (χ4n) is 3.46. The van der Waals surface area contributed by atoms with Crippen LogP contribution in [0.15, 0.2) is 30.3 Å². The quantitative estimate of drug-likeness (QED) is 0.871. The lowest BCUT2D eigenvalue weighted by Crippen LogP contribution is -2.48. The first-order valence-corrected chi connectivity index (χ1v) is 6.82. The summed E-state index contributed by atoms with van der Waals surface area (Å²) in [6.45, 7) is 2.09. The molecule has 0 aromatic heterocycles. The van der Waals surface area contributed by atoms with Crippen molar-refractivity contribution in [1.29, 1.82) is 0 Å².